The van der Waals surface area contributed by atoms with Gasteiger partial charge in [-0.05, 0) is 35.7 Å². The minimum Gasteiger partial charge on any atom is -0.456 e. The first kappa shape index (κ1) is 29.8. The molecule has 1 aliphatic rings. The number of furan rings is 1. The number of rotatable bonds is 3. The fourth-order valence-electron chi connectivity index (χ4n) is 7.70. The Labute approximate surface area is 295 Å². The maximum atomic E-state index is 16.7. The first-order chi connectivity index (χ1) is 23.5. The molecule has 9 aromatic rings. The van der Waals surface area contributed by atoms with Crippen molar-refractivity contribution in [3.05, 3.63) is 156 Å². The molecule has 7 heteroatoms. The molecule has 10 rings (SSSR count). The van der Waals surface area contributed by atoms with E-state index in [1.54, 1.807) is 18.5 Å². The Morgan fingerprint density at radius 3 is 2.43 bits per heavy atom. The summed E-state index contributed by atoms with van der Waals surface area (Å²) in [5.41, 5.74) is 7.69. The molecule has 0 amide bonds. The van der Waals surface area contributed by atoms with Crippen molar-refractivity contribution >= 4 is 66.5 Å². The Bertz CT molecular complexity index is 2760. The Kier molecular flexibility index (Phi) is 6.58. The van der Waals surface area contributed by atoms with Gasteiger partial charge < -0.3 is 13.7 Å². The van der Waals surface area contributed by atoms with Crippen LogP contribution in [0, 0.1) is 12.1 Å². The van der Waals surface area contributed by atoms with Gasteiger partial charge in [0.25, 0.3) is 0 Å². The van der Waals surface area contributed by atoms with Crippen LogP contribution >= 0.6 is 0 Å². The average molecular weight is 729 g/mol. The van der Waals surface area contributed by atoms with Crippen molar-refractivity contribution in [1.82, 2.24) is 14.4 Å². The van der Waals surface area contributed by atoms with E-state index in [2.05, 4.69) is 72.3 Å². The van der Waals surface area contributed by atoms with E-state index in [0.29, 0.717) is 16.8 Å². The van der Waals surface area contributed by atoms with Crippen LogP contribution < -0.4 is 4.90 Å². The predicted octanol–water partition coefficient (Wildman–Crippen LogP) is 10.7. The number of halogens is 1. The molecule has 0 N–H and O–H groups in total. The normalized spacial score (nSPS) is 14.3. The van der Waals surface area contributed by atoms with Gasteiger partial charge in [0.15, 0.2) is 0 Å². The van der Waals surface area contributed by atoms with Gasteiger partial charge in [-0.2, -0.15) is 18.2 Å². The van der Waals surface area contributed by atoms with Crippen LogP contribution in [0.2, 0.25) is 0 Å². The van der Waals surface area contributed by atoms with E-state index < -0.39 is 11.6 Å². The average Bonchev–Trinajstić information content (AvgIpc) is 3.77. The van der Waals surface area contributed by atoms with Crippen molar-refractivity contribution in [2.24, 2.45) is 0 Å². The van der Waals surface area contributed by atoms with Crippen molar-refractivity contribution in [3.8, 4) is 0 Å². The molecule has 0 saturated heterocycles. The third-order valence-corrected chi connectivity index (χ3v) is 9.94. The molecule has 49 heavy (non-hydrogen) atoms. The van der Waals surface area contributed by atoms with Crippen LogP contribution in [0.15, 0.2) is 126 Å². The molecule has 0 fully saturated rings. The third-order valence-electron chi connectivity index (χ3n) is 9.94. The number of fused-ring (bicyclic) bond motifs is 12. The van der Waals surface area contributed by atoms with E-state index in [0.717, 1.165) is 71.9 Å². The zero-order valence-electron chi connectivity index (χ0n) is 26.5. The van der Waals surface area contributed by atoms with Gasteiger partial charge in [0.05, 0.1) is 11.3 Å². The van der Waals surface area contributed by atoms with Gasteiger partial charge in [0, 0.05) is 51.4 Å². The SMILES string of the molecule is CC1(C)c2cccnc2N(c2[c-]c(C(F)c3[c-]c4c(cc3)c3ccccc3n3ccnc43)ccc2)c2ccc3c(oc4ccccc43)c21.[Pd+2]. The van der Waals surface area contributed by atoms with Gasteiger partial charge in [0.2, 0.25) is 0 Å². The molecular weight excluding hydrogens is 702 g/mol. The molecule has 5 nitrogen and oxygen atoms in total. The van der Waals surface area contributed by atoms with Crippen LogP contribution in [0.3, 0.4) is 0 Å². The molecule has 1 aliphatic heterocycles. The first-order valence-electron chi connectivity index (χ1n) is 16.1. The van der Waals surface area contributed by atoms with Crippen LogP contribution in [0.5, 0.6) is 0 Å². The van der Waals surface area contributed by atoms with Crippen molar-refractivity contribution in [1.29, 1.82) is 0 Å². The van der Waals surface area contributed by atoms with Crippen LogP contribution in [0.25, 0.3) is 49.3 Å². The van der Waals surface area contributed by atoms with Gasteiger partial charge in [-0.25, -0.2) is 9.37 Å². The van der Waals surface area contributed by atoms with E-state index in [1.807, 2.05) is 71.3 Å². The van der Waals surface area contributed by atoms with E-state index in [4.69, 9.17) is 9.40 Å². The maximum absolute atomic E-state index is 16.7. The number of anilines is 3. The number of benzene rings is 5. The minimum absolute atomic E-state index is 0. The molecule has 1 unspecified atom stereocenters. The summed E-state index contributed by atoms with van der Waals surface area (Å²) >= 11 is 0. The van der Waals surface area contributed by atoms with Gasteiger partial charge in [0.1, 0.15) is 23.2 Å². The zero-order valence-corrected chi connectivity index (χ0v) is 28.1. The number of hydrogen-bond acceptors (Lipinski definition) is 4. The standard InChI is InChI=1S/C42H27FN4O.Pd/c1-42(2)33-13-8-20-44-41(33)47(35-19-18-31-30-12-4-6-15-36(30)48-39(31)37(35)42)27-10-7-9-25(23-27)38(43)26-16-17-28-29-11-3-5-14-34(29)46-22-21-45-40(46)32(28)24-26;/h3-22,38H,1-2H3;/q-2;+2. The zero-order chi connectivity index (χ0) is 32.1. The summed E-state index contributed by atoms with van der Waals surface area (Å²) < 4.78 is 25.3. The minimum atomic E-state index is -1.46. The number of nitrogens with zero attached hydrogens (tertiary/aromatic N) is 4. The smallest absolute Gasteiger partial charge is 0.456 e. The summed E-state index contributed by atoms with van der Waals surface area (Å²) in [6.45, 7) is 4.42. The molecule has 0 bridgehead atoms. The molecule has 0 aliphatic carbocycles. The summed E-state index contributed by atoms with van der Waals surface area (Å²) in [7, 11) is 0. The van der Waals surface area contributed by atoms with Crippen LogP contribution in [0.4, 0.5) is 21.6 Å². The van der Waals surface area contributed by atoms with Crippen molar-refractivity contribution in [2.45, 2.75) is 25.4 Å². The van der Waals surface area contributed by atoms with Gasteiger partial charge in [-0.3, -0.25) is 4.98 Å². The van der Waals surface area contributed by atoms with E-state index in [9.17, 15) is 0 Å². The quantitative estimate of drug-likeness (QED) is 0.103. The Hall–Kier alpha value is -5.35. The van der Waals surface area contributed by atoms with Gasteiger partial charge in [-0.1, -0.05) is 78.3 Å². The Morgan fingerprint density at radius 2 is 1.53 bits per heavy atom. The fourth-order valence-corrected chi connectivity index (χ4v) is 7.70. The molecule has 1 atom stereocenters. The molecule has 0 radical (unpaired) electrons. The molecule has 0 spiro atoms. The van der Waals surface area contributed by atoms with Crippen LogP contribution in [0.1, 0.15) is 42.3 Å². The molecule has 5 aromatic carbocycles. The second-order valence-corrected chi connectivity index (χ2v) is 13.0. The number of hydrogen-bond donors (Lipinski definition) is 0. The molecule has 4 aromatic heterocycles. The van der Waals surface area contributed by atoms with Crippen LogP contribution in [-0.4, -0.2) is 14.4 Å². The molecular formula is C42H27FN4OPd. The monoisotopic (exact) mass is 728 g/mol. The topological polar surface area (TPSA) is 46.6 Å². The summed E-state index contributed by atoms with van der Waals surface area (Å²) in [6, 6.07) is 40.9. The maximum Gasteiger partial charge on any atom is 2.00 e. The number of aromatic nitrogens is 3. The van der Waals surface area contributed by atoms with Gasteiger partial charge >= 0.3 is 20.4 Å². The number of para-hydroxylation sites is 2. The largest absolute Gasteiger partial charge is 2.00 e. The van der Waals surface area contributed by atoms with Crippen molar-refractivity contribution in [2.75, 3.05) is 4.90 Å². The third kappa shape index (κ3) is 4.19. The van der Waals surface area contributed by atoms with Crippen LogP contribution in [-0.2, 0) is 25.8 Å². The second-order valence-electron chi connectivity index (χ2n) is 13.0. The van der Waals surface area contributed by atoms with E-state index in [1.165, 1.54) is 0 Å². The number of alkyl halides is 1. The van der Waals surface area contributed by atoms with Crippen molar-refractivity contribution in [3.63, 3.8) is 0 Å². The molecule has 5 heterocycles. The molecule has 0 saturated carbocycles. The van der Waals surface area contributed by atoms with E-state index >= 15 is 4.39 Å². The second kappa shape index (κ2) is 10.8. The summed E-state index contributed by atoms with van der Waals surface area (Å²) in [5.74, 6) is 0.792. The summed E-state index contributed by atoms with van der Waals surface area (Å²) in [4.78, 5) is 11.6. The number of pyridine rings is 2. The summed E-state index contributed by atoms with van der Waals surface area (Å²) in [6.07, 6.45) is 4.05. The Morgan fingerprint density at radius 1 is 0.735 bits per heavy atom. The van der Waals surface area contributed by atoms with E-state index in [-0.39, 0.29) is 20.4 Å². The number of imidazole rings is 1. The molecule has 238 valence electrons. The summed E-state index contributed by atoms with van der Waals surface area (Å²) in [5, 5.41) is 5.00. The predicted molar refractivity (Wildman–Crippen MR) is 189 cm³/mol. The van der Waals surface area contributed by atoms with Crippen molar-refractivity contribution < 1.29 is 29.2 Å². The first-order valence-corrected chi connectivity index (χ1v) is 16.1. The fraction of sp³-hybridized carbons (Fsp3) is 0.0952. The Balaban J connectivity index is 0.00000325. The van der Waals surface area contributed by atoms with Gasteiger partial charge in [-0.15, -0.1) is 29.8 Å².